The zero-order valence-electron chi connectivity index (χ0n) is 10.5. The van der Waals surface area contributed by atoms with Crippen molar-refractivity contribution in [3.05, 3.63) is 53.8 Å². The fourth-order valence-electron chi connectivity index (χ4n) is 1.90. The molecule has 0 aliphatic heterocycles. The molecule has 1 aromatic heterocycles. The van der Waals surface area contributed by atoms with Crippen molar-refractivity contribution in [2.24, 2.45) is 0 Å². The molecule has 0 bridgehead atoms. The first-order valence-electron chi connectivity index (χ1n) is 5.85. The summed E-state index contributed by atoms with van der Waals surface area (Å²) in [4.78, 5) is 0. The smallest absolute Gasteiger partial charge is 0.187 e. The molecule has 0 aliphatic carbocycles. The Morgan fingerprint density at radius 3 is 2.62 bits per heavy atom. The zero-order chi connectivity index (χ0) is 15.0. The summed E-state index contributed by atoms with van der Waals surface area (Å²) in [5.74, 6) is -3.38. The van der Waals surface area contributed by atoms with Crippen LogP contribution in [0.15, 0.2) is 36.4 Å². The molecule has 8 heteroatoms. The number of aromatic nitrogens is 4. The second-order valence-corrected chi connectivity index (χ2v) is 4.26. The van der Waals surface area contributed by atoms with Gasteiger partial charge in [0.05, 0.1) is 0 Å². The van der Waals surface area contributed by atoms with E-state index >= 15 is 0 Å². The molecule has 1 heterocycles. The molecule has 3 aromatic rings. The number of hydrogen-bond acceptors (Lipinski definition) is 4. The topological polar surface area (TPSA) is 69.6 Å². The minimum atomic E-state index is -1.32. The van der Waals surface area contributed by atoms with Gasteiger partial charge in [0.1, 0.15) is 11.5 Å². The molecule has 0 amide bonds. The van der Waals surface area contributed by atoms with Gasteiger partial charge in [0.2, 0.25) is 0 Å². The van der Waals surface area contributed by atoms with Crippen LogP contribution in [0.5, 0.6) is 0 Å². The summed E-state index contributed by atoms with van der Waals surface area (Å²) >= 11 is 0. The van der Waals surface area contributed by atoms with Gasteiger partial charge >= 0.3 is 0 Å². The highest BCUT2D eigenvalue weighted by Crippen LogP contribution is 2.24. The molecule has 3 rings (SSSR count). The van der Waals surface area contributed by atoms with E-state index in [1.165, 1.54) is 0 Å². The van der Waals surface area contributed by atoms with Crippen molar-refractivity contribution in [3.63, 3.8) is 0 Å². The lowest BCUT2D eigenvalue weighted by Crippen LogP contribution is -2.05. The molecule has 0 radical (unpaired) electrons. The molecular formula is C13H8F3N5. The van der Waals surface area contributed by atoms with Gasteiger partial charge in [-0.15, -0.1) is 5.10 Å². The first-order valence-corrected chi connectivity index (χ1v) is 5.85. The molecule has 0 unspecified atom stereocenters. The van der Waals surface area contributed by atoms with Crippen molar-refractivity contribution in [3.8, 4) is 17.1 Å². The Morgan fingerprint density at radius 1 is 1.05 bits per heavy atom. The summed E-state index contributed by atoms with van der Waals surface area (Å²) in [6.45, 7) is 0. The number of nitrogen functional groups attached to an aromatic ring is 1. The average molecular weight is 291 g/mol. The monoisotopic (exact) mass is 291 g/mol. The molecule has 0 saturated heterocycles. The Bertz CT molecular complexity index is 815. The molecule has 2 aromatic carbocycles. The number of rotatable bonds is 2. The third-order valence-electron chi connectivity index (χ3n) is 2.82. The van der Waals surface area contributed by atoms with E-state index in [1.54, 1.807) is 24.3 Å². The predicted molar refractivity (Wildman–Crippen MR) is 68.9 cm³/mol. The summed E-state index contributed by atoms with van der Waals surface area (Å²) in [6, 6.07) is 7.78. The molecule has 5 nitrogen and oxygen atoms in total. The maximum absolute atomic E-state index is 13.8. The van der Waals surface area contributed by atoms with Gasteiger partial charge in [0.15, 0.2) is 17.5 Å². The van der Waals surface area contributed by atoms with Crippen LogP contribution in [-0.4, -0.2) is 20.2 Å². The maximum atomic E-state index is 13.8. The van der Waals surface area contributed by atoms with Crippen LogP contribution in [0, 0.1) is 17.5 Å². The minimum absolute atomic E-state index is 0.117. The Hall–Kier alpha value is -2.90. The highest BCUT2D eigenvalue weighted by molar-refractivity contribution is 5.62. The standard InChI is InChI=1S/C13H8F3N5/c14-8-5-10(15)12(16)11(6-8)21-13(18-19-20-21)7-2-1-3-9(17)4-7/h1-6H,17H2. The SMILES string of the molecule is Nc1cccc(-c2nnnn2-c2cc(F)cc(F)c2F)c1. The second-order valence-electron chi connectivity index (χ2n) is 4.26. The van der Waals surface area contributed by atoms with Crippen LogP contribution in [0.25, 0.3) is 17.1 Å². The minimum Gasteiger partial charge on any atom is -0.399 e. The third-order valence-corrected chi connectivity index (χ3v) is 2.82. The molecule has 0 spiro atoms. The van der Waals surface area contributed by atoms with Gasteiger partial charge in [-0.3, -0.25) is 0 Å². The lowest BCUT2D eigenvalue weighted by Gasteiger charge is -2.07. The highest BCUT2D eigenvalue weighted by Gasteiger charge is 2.18. The summed E-state index contributed by atoms with van der Waals surface area (Å²) in [5, 5.41) is 10.7. The second kappa shape index (κ2) is 4.89. The van der Waals surface area contributed by atoms with E-state index in [-0.39, 0.29) is 5.82 Å². The fraction of sp³-hybridized carbons (Fsp3) is 0. The molecule has 0 saturated carbocycles. The van der Waals surface area contributed by atoms with Crippen molar-refractivity contribution in [1.82, 2.24) is 20.2 Å². The summed E-state index contributed by atoms with van der Waals surface area (Å²) in [7, 11) is 0. The van der Waals surface area contributed by atoms with Crippen molar-refractivity contribution >= 4 is 5.69 Å². The van der Waals surface area contributed by atoms with Crippen LogP contribution < -0.4 is 5.73 Å². The van der Waals surface area contributed by atoms with E-state index < -0.39 is 23.1 Å². The molecule has 0 atom stereocenters. The van der Waals surface area contributed by atoms with Crippen LogP contribution in [0.3, 0.4) is 0 Å². The van der Waals surface area contributed by atoms with Crippen molar-refractivity contribution in [1.29, 1.82) is 0 Å². The van der Waals surface area contributed by atoms with Crippen molar-refractivity contribution in [2.75, 3.05) is 5.73 Å². The van der Waals surface area contributed by atoms with Crippen LogP contribution in [0.2, 0.25) is 0 Å². The van der Waals surface area contributed by atoms with Gasteiger partial charge in [0, 0.05) is 23.4 Å². The van der Waals surface area contributed by atoms with Crippen molar-refractivity contribution < 1.29 is 13.2 Å². The number of tetrazole rings is 1. The Labute approximate surface area is 116 Å². The summed E-state index contributed by atoms with van der Waals surface area (Å²) in [6.07, 6.45) is 0. The first kappa shape index (κ1) is 13.1. The van der Waals surface area contributed by atoms with Gasteiger partial charge in [0.25, 0.3) is 0 Å². The van der Waals surface area contributed by atoms with E-state index in [4.69, 9.17) is 5.73 Å². The van der Waals surface area contributed by atoms with E-state index in [1.807, 2.05) is 0 Å². The van der Waals surface area contributed by atoms with E-state index in [2.05, 4.69) is 15.5 Å². The third kappa shape index (κ3) is 2.31. The quantitative estimate of drug-likeness (QED) is 0.581. The van der Waals surface area contributed by atoms with Gasteiger partial charge in [-0.2, -0.15) is 4.68 Å². The van der Waals surface area contributed by atoms with E-state index in [0.29, 0.717) is 17.3 Å². The van der Waals surface area contributed by atoms with E-state index in [0.717, 1.165) is 10.7 Å². The number of halogens is 3. The number of hydrogen-bond donors (Lipinski definition) is 1. The van der Waals surface area contributed by atoms with Gasteiger partial charge in [-0.25, -0.2) is 13.2 Å². The molecule has 21 heavy (non-hydrogen) atoms. The lowest BCUT2D eigenvalue weighted by atomic mass is 10.2. The summed E-state index contributed by atoms with van der Waals surface area (Å²) in [5.41, 5.74) is 6.18. The molecule has 106 valence electrons. The van der Waals surface area contributed by atoms with Crippen LogP contribution in [0.4, 0.5) is 18.9 Å². The predicted octanol–water partition coefficient (Wildman–Crippen LogP) is 2.33. The molecular weight excluding hydrogens is 283 g/mol. The largest absolute Gasteiger partial charge is 0.399 e. The Kier molecular flexibility index (Phi) is 3.05. The van der Waals surface area contributed by atoms with Crippen LogP contribution in [0.1, 0.15) is 0 Å². The van der Waals surface area contributed by atoms with Crippen LogP contribution in [-0.2, 0) is 0 Å². The normalized spacial score (nSPS) is 10.8. The first-order chi connectivity index (χ1) is 10.1. The number of anilines is 1. The number of benzene rings is 2. The highest BCUT2D eigenvalue weighted by atomic mass is 19.2. The molecule has 0 fully saturated rings. The average Bonchev–Trinajstić information content (AvgIpc) is 2.92. The number of nitrogens with two attached hydrogens (primary N) is 1. The van der Waals surface area contributed by atoms with Crippen molar-refractivity contribution in [2.45, 2.75) is 0 Å². The Morgan fingerprint density at radius 2 is 1.86 bits per heavy atom. The maximum Gasteiger partial charge on any atom is 0.187 e. The Balaban J connectivity index is 2.20. The molecule has 0 aliphatic rings. The lowest BCUT2D eigenvalue weighted by molar-refractivity contribution is 0.487. The van der Waals surface area contributed by atoms with Gasteiger partial charge in [-0.05, 0) is 22.6 Å². The van der Waals surface area contributed by atoms with Gasteiger partial charge in [-0.1, -0.05) is 12.1 Å². The van der Waals surface area contributed by atoms with Crippen LogP contribution >= 0.6 is 0 Å². The molecule has 2 N–H and O–H groups in total. The number of nitrogens with zero attached hydrogens (tertiary/aromatic N) is 4. The summed E-state index contributed by atoms with van der Waals surface area (Å²) < 4.78 is 41.4. The zero-order valence-corrected chi connectivity index (χ0v) is 10.5. The van der Waals surface area contributed by atoms with E-state index in [9.17, 15) is 13.2 Å². The fourth-order valence-corrected chi connectivity index (χ4v) is 1.90. The van der Waals surface area contributed by atoms with Gasteiger partial charge < -0.3 is 5.73 Å².